The molecular weight excluding hydrogens is 294 g/mol. The van der Waals surface area contributed by atoms with Crippen LogP contribution in [-0.4, -0.2) is 74.4 Å². The standard InChI is InChI=1S/C12H28B2O8/c15-13(16)21-11-5-3-9-19-7-1-2-8-20-10-4-6-12-22-14(17)18/h15-18H,1-12H2. The third-order valence-corrected chi connectivity index (χ3v) is 2.73. The Balaban J connectivity index is 2.97. The van der Waals surface area contributed by atoms with Gasteiger partial charge in [0.05, 0.1) is 0 Å². The van der Waals surface area contributed by atoms with Crippen LogP contribution in [0.5, 0.6) is 0 Å². The van der Waals surface area contributed by atoms with Gasteiger partial charge in [0.25, 0.3) is 0 Å². The van der Waals surface area contributed by atoms with Gasteiger partial charge in [0.15, 0.2) is 0 Å². The molecule has 8 nitrogen and oxygen atoms in total. The maximum atomic E-state index is 8.44. The van der Waals surface area contributed by atoms with Crippen LogP contribution < -0.4 is 0 Å². The molecule has 0 spiro atoms. The first-order valence-corrected chi connectivity index (χ1v) is 7.74. The first-order valence-electron chi connectivity index (χ1n) is 7.74. The van der Waals surface area contributed by atoms with Crippen molar-refractivity contribution < 1.29 is 38.9 Å². The fourth-order valence-corrected chi connectivity index (χ4v) is 1.60. The Morgan fingerprint density at radius 2 is 0.727 bits per heavy atom. The summed E-state index contributed by atoms with van der Waals surface area (Å²) >= 11 is 0. The Bertz CT molecular complexity index is 199. The molecule has 0 amide bonds. The molecule has 0 rings (SSSR count). The van der Waals surface area contributed by atoms with Crippen molar-refractivity contribution in [1.29, 1.82) is 0 Å². The fourth-order valence-electron chi connectivity index (χ4n) is 1.60. The van der Waals surface area contributed by atoms with Crippen LogP contribution in [0.15, 0.2) is 0 Å². The van der Waals surface area contributed by atoms with Gasteiger partial charge >= 0.3 is 14.6 Å². The lowest BCUT2D eigenvalue weighted by Crippen LogP contribution is -2.17. The molecule has 4 N–H and O–H groups in total. The summed E-state index contributed by atoms with van der Waals surface area (Å²) in [5, 5.41) is 33.8. The minimum Gasteiger partial charge on any atom is -0.402 e. The molecule has 0 aliphatic heterocycles. The fraction of sp³-hybridized carbons (Fsp3) is 1.00. The van der Waals surface area contributed by atoms with E-state index in [1.165, 1.54) is 0 Å². The highest BCUT2D eigenvalue weighted by molar-refractivity contribution is 6.32. The molecule has 0 atom stereocenters. The summed E-state index contributed by atoms with van der Waals surface area (Å²) in [6, 6.07) is 0. The summed E-state index contributed by atoms with van der Waals surface area (Å²) in [5.74, 6) is 0. The molecule has 0 heterocycles. The molecule has 0 saturated carbocycles. The van der Waals surface area contributed by atoms with Gasteiger partial charge in [-0.2, -0.15) is 0 Å². The van der Waals surface area contributed by atoms with Gasteiger partial charge in [-0.3, -0.25) is 0 Å². The van der Waals surface area contributed by atoms with Gasteiger partial charge in [-0.05, 0) is 38.5 Å². The first kappa shape index (κ1) is 21.8. The molecule has 0 aromatic rings. The second kappa shape index (κ2) is 17.2. The molecule has 0 aromatic heterocycles. The lowest BCUT2D eigenvalue weighted by atomic mass is 10.2. The zero-order chi connectivity index (χ0) is 16.5. The quantitative estimate of drug-likeness (QED) is 0.206. The van der Waals surface area contributed by atoms with E-state index in [0.29, 0.717) is 39.6 Å². The minimum atomic E-state index is -1.69. The van der Waals surface area contributed by atoms with Gasteiger partial charge in [-0.1, -0.05) is 0 Å². The molecule has 22 heavy (non-hydrogen) atoms. The molecule has 130 valence electrons. The van der Waals surface area contributed by atoms with E-state index in [0.717, 1.165) is 38.5 Å². The van der Waals surface area contributed by atoms with E-state index in [1.54, 1.807) is 0 Å². The summed E-state index contributed by atoms with van der Waals surface area (Å²) in [6.07, 6.45) is 4.99. The van der Waals surface area contributed by atoms with Gasteiger partial charge in [0.2, 0.25) is 0 Å². The second-order valence-electron chi connectivity index (χ2n) is 4.74. The predicted octanol–water partition coefficient (Wildman–Crippen LogP) is -0.668. The third kappa shape index (κ3) is 19.8. The lowest BCUT2D eigenvalue weighted by molar-refractivity contribution is 0.0940. The average Bonchev–Trinajstić information content (AvgIpc) is 2.46. The Labute approximate surface area is 132 Å². The highest BCUT2D eigenvalue weighted by Crippen LogP contribution is 1.97. The molecular formula is C12H28B2O8. The minimum absolute atomic E-state index is 0.317. The zero-order valence-corrected chi connectivity index (χ0v) is 13.1. The molecule has 0 saturated heterocycles. The molecule has 0 bridgehead atoms. The van der Waals surface area contributed by atoms with Gasteiger partial charge in [-0.25, -0.2) is 0 Å². The van der Waals surface area contributed by atoms with Crippen molar-refractivity contribution in [2.75, 3.05) is 39.6 Å². The molecule has 0 radical (unpaired) electrons. The highest BCUT2D eigenvalue weighted by Gasteiger charge is 2.07. The van der Waals surface area contributed by atoms with Crippen molar-refractivity contribution in [3.63, 3.8) is 0 Å². The number of ether oxygens (including phenoxy) is 2. The summed E-state index contributed by atoms with van der Waals surface area (Å²) in [5.41, 5.74) is 0. The molecule has 0 aliphatic carbocycles. The summed E-state index contributed by atoms with van der Waals surface area (Å²) < 4.78 is 20.0. The largest absolute Gasteiger partial charge is 0.633 e. The normalized spacial score (nSPS) is 10.9. The van der Waals surface area contributed by atoms with Gasteiger partial charge in [0, 0.05) is 39.6 Å². The first-order chi connectivity index (χ1) is 10.6. The summed E-state index contributed by atoms with van der Waals surface area (Å²) in [7, 11) is -3.37. The van der Waals surface area contributed by atoms with Gasteiger partial charge in [0.1, 0.15) is 0 Å². The Morgan fingerprint density at radius 3 is 1.00 bits per heavy atom. The molecule has 0 aromatic carbocycles. The molecule has 10 heteroatoms. The van der Waals surface area contributed by atoms with Gasteiger partial charge in [-0.15, -0.1) is 0 Å². The average molecular weight is 322 g/mol. The van der Waals surface area contributed by atoms with E-state index in [-0.39, 0.29) is 0 Å². The van der Waals surface area contributed by atoms with Crippen LogP contribution in [0.2, 0.25) is 0 Å². The van der Waals surface area contributed by atoms with Crippen molar-refractivity contribution in [2.45, 2.75) is 38.5 Å². The van der Waals surface area contributed by atoms with Crippen molar-refractivity contribution in [1.82, 2.24) is 0 Å². The van der Waals surface area contributed by atoms with Gasteiger partial charge < -0.3 is 38.9 Å². The SMILES string of the molecule is OB(O)OCCCCOCCCCOCCCCOB(O)O. The van der Waals surface area contributed by atoms with Crippen LogP contribution in [0.25, 0.3) is 0 Å². The van der Waals surface area contributed by atoms with E-state index in [4.69, 9.17) is 29.6 Å². The van der Waals surface area contributed by atoms with Crippen molar-refractivity contribution in [2.24, 2.45) is 0 Å². The van der Waals surface area contributed by atoms with E-state index < -0.39 is 14.6 Å². The van der Waals surface area contributed by atoms with Crippen molar-refractivity contribution in [3.05, 3.63) is 0 Å². The van der Waals surface area contributed by atoms with Crippen LogP contribution in [0, 0.1) is 0 Å². The van der Waals surface area contributed by atoms with E-state index in [9.17, 15) is 0 Å². The predicted molar refractivity (Wildman–Crippen MR) is 81.6 cm³/mol. The Morgan fingerprint density at radius 1 is 0.455 bits per heavy atom. The highest BCUT2D eigenvalue weighted by atomic mass is 16.6. The lowest BCUT2D eigenvalue weighted by Gasteiger charge is -2.06. The van der Waals surface area contributed by atoms with E-state index >= 15 is 0 Å². The van der Waals surface area contributed by atoms with Crippen molar-refractivity contribution in [3.8, 4) is 0 Å². The van der Waals surface area contributed by atoms with E-state index in [2.05, 4.69) is 9.31 Å². The van der Waals surface area contributed by atoms with Crippen LogP contribution in [0.4, 0.5) is 0 Å². The van der Waals surface area contributed by atoms with Crippen molar-refractivity contribution >= 4 is 14.6 Å². The smallest absolute Gasteiger partial charge is 0.402 e. The molecule has 0 unspecified atom stereocenters. The number of hydrogen-bond donors (Lipinski definition) is 4. The molecule has 0 aliphatic rings. The van der Waals surface area contributed by atoms with Crippen LogP contribution in [-0.2, 0) is 18.8 Å². The number of rotatable bonds is 17. The second-order valence-corrected chi connectivity index (χ2v) is 4.74. The summed E-state index contributed by atoms with van der Waals surface area (Å²) in [6.45, 7) is 3.30. The van der Waals surface area contributed by atoms with E-state index in [1.807, 2.05) is 0 Å². The maximum absolute atomic E-state index is 8.44. The Kier molecular flexibility index (Phi) is 17.0. The van der Waals surface area contributed by atoms with Crippen LogP contribution in [0.3, 0.4) is 0 Å². The molecule has 0 fully saturated rings. The monoisotopic (exact) mass is 322 g/mol. The topological polar surface area (TPSA) is 118 Å². The Hall–Kier alpha value is -0.190. The van der Waals surface area contributed by atoms with Crippen LogP contribution >= 0.6 is 0 Å². The number of hydrogen-bond acceptors (Lipinski definition) is 8. The summed E-state index contributed by atoms with van der Waals surface area (Å²) in [4.78, 5) is 0. The third-order valence-electron chi connectivity index (χ3n) is 2.73. The van der Waals surface area contributed by atoms with Crippen LogP contribution in [0.1, 0.15) is 38.5 Å². The maximum Gasteiger partial charge on any atom is 0.633 e. The number of unbranched alkanes of at least 4 members (excludes halogenated alkanes) is 3. The zero-order valence-electron chi connectivity index (χ0n) is 13.1.